The second kappa shape index (κ2) is 40.4. The van der Waals surface area contributed by atoms with Crippen molar-refractivity contribution in [2.75, 3.05) is 0 Å². The van der Waals surface area contributed by atoms with Gasteiger partial charge in [0, 0.05) is 0 Å². The normalized spacial score (nSPS) is 26.1. The molecule has 2 bridgehead atoms. The van der Waals surface area contributed by atoms with Crippen molar-refractivity contribution < 1.29 is 0 Å². The topological polar surface area (TPSA) is 0 Å². The maximum atomic E-state index is 2.42. The van der Waals surface area contributed by atoms with Crippen molar-refractivity contribution >= 4 is 0 Å². The molecule has 0 aliphatic heterocycles. The third-order valence-electron chi connectivity index (χ3n) is 26.3. The second-order valence-corrected chi connectivity index (χ2v) is 31.3. The number of aryl methyl sites for hydroxylation is 2. The van der Waals surface area contributed by atoms with E-state index in [9.17, 15) is 0 Å². The smallest absolute Gasteiger partial charge is 0.00464 e. The van der Waals surface area contributed by atoms with Gasteiger partial charge in [-0.1, -0.05) is 236 Å². The van der Waals surface area contributed by atoms with Gasteiger partial charge in [-0.15, -0.1) is 0 Å². The predicted molar refractivity (Wildman–Crippen MR) is 388 cm³/mol. The van der Waals surface area contributed by atoms with E-state index < -0.39 is 0 Å². The minimum Gasteiger partial charge on any atom is -0.0683 e. The molecule has 0 atom stereocenters. The Kier molecular flexibility index (Phi) is 36.1. The van der Waals surface area contributed by atoms with Gasteiger partial charge < -0.3 is 0 Å². The van der Waals surface area contributed by atoms with E-state index in [4.69, 9.17) is 0 Å². The lowest BCUT2D eigenvalue weighted by molar-refractivity contribution is 0.0367. The summed E-state index contributed by atoms with van der Waals surface area (Å²) in [6.45, 7) is 36.3. The van der Waals surface area contributed by atoms with Gasteiger partial charge in [-0.25, -0.2) is 0 Å². The van der Waals surface area contributed by atoms with Crippen molar-refractivity contribution in [3.63, 3.8) is 0 Å². The van der Waals surface area contributed by atoms with Crippen molar-refractivity contribution in [2.45, 2.75) is 417 Å². The lowest BCUT2D eigenvalue weighted by Gasteiger charge is -2.54. The van der Waals surface area contributed by atoms with E-state index >= 15 is 0 Å². The summed E-state index contributed by atoms with van der Waals surface area (Å²) < 4.78 is 0. The van der Waals surface area contributed by atoms with Crippen molar-refractivity contribution in [3.8, 4) is 0 Å². The highest BCUT2D eigenvalue weighted by Gasteiger charge is 2.48. The second-order valence-electron chi connectivity index (χ2n) is 31.3. The van der Waals surface area contributed by atoms with Gasteiger partial charge in [-0.3, -0.25) is 0 Å². The molecule has 0 heteroatoms. The first-order valence-electron chi connectivity index (χ1n) is 40.0. The molecule has 2 aromatic carbocycles. The summed E-state index contributed by atoms with van der Waals surface area (Å²) in [5, 5.41) is 0. The van der Waals surface area contributed by atoms with E-state index in [0.29, 0.717) is 10.8 Å². The Bertz CT molecular complexity index is 1850. The van der Waals surface area contributed by atoms with E-state index in [2.05, 4.69) is 132 Å². The molecule has 0 nitrogen and oxygen atoms in total. The van der Waals surface area contributed by atoms with E-state index in [1.807, 2.05) is 27.7 Å². The summed E-state index contributed by atoms with van der Waals surface area (Å²) in [6, 6.07) is 19.0. The quantitative estimate of drug-likeness (QED) is 0.0983. The van der Waals surface area contributed by atoms with Crippen molar-refractivity contribution in [2.24, 2.45) is 56.7 Å². The molecule has 0 amide bonds. The van der Waals surface area contributed by atoms with Crippen LogP contribution in [0.1, 0.15) is 421 Å². The number of benzene rings is 2. The monoisotopic (exact) mass is 1190 g/mol. The molecule has 0 radical (unpaired) electrons. The average Bonchev–Trinajstić information content (AvgIpc) is 1.85. The largest absolute Gasteiger partial charge is 0.0683 e. The van der Waals surface area contributed by atoms with Crippen LogP contribution in [0.15, 0.2) is 48.5 Å². The molecule has 8 fully saturated rings. The molecule has 0 unspecified atom stereocenters. The molecule has 0 heterocycles. The Morgan fingerprint density at radius 1 is 0.302 bits per heavy atom. The maximum absolute atomic E-state index is 2.42. The van der Waals surface area contributed by atoms with Gasteiger partial charge in [0.15, 0.2) is 0 Å². The van der Waals surface area contributed by atoms with Crippen molar-refractivity contribution in [3.05, 3.63) is 70.8 Å². The molecule has 8 saturated carbocycles. The lowest BCUT2D eigenvalue weighted by Crippen LogP contribution is -2.43. The first-order chi connectivity index (χ1) is 41.8. The number of hydrogen-bond acceptors (Lipinski definition) is 0. The Morgan fingerprint density at radius 2 is 0.581 bits per heavy atom. The maximum Gasteiger partial charge on any atom is -0.00464 e. The first-order valence-corrected chi connectivity index (χ1v) is 40.0. The molecule has 10 rings (SSSR count). The van der Waals surface area contributed by atoms with Gasteiger partial charge in [0.25, 0.3) is 0 Å². The van der Waals surface area contributed by atoms with Gasteiger partial charge in [0.1, 0.15) is 0 Å². The molecular weight excluding hydrogens is 1030 g/mol. The average molecular weight is 1190 g/mol. The summed E-state index contributed by atoms with van der Waals surface area (Å²) in [5.74, 6) is 6.23. The fraction of sp³-hybridized carbons (Fsp3) is 0.860. The van der Waals surface area contributed by atoms with Crippen LogP contribution < -0.4 is 0 Å². The van der Waals surface area contributed by atoms with Crippen LogP contribution >= 0.6 is 0 Å². The summed E-state index contributed by atoms with van der Waals surface area (Å²) in [7, 11) is 0. The van der Waals surface area contributed by atoms with Gasteiger partial charge in [-0.05, 0) is 309 Å². The van der Waals surface area contributed by atoms with Crippen LogP contribution in [-0.4, -0.2) is 0 Å². The van der Waals surface area contributed by atoms with E-state index in [0.717, 1.165) is 70.0 Å². The number of rotatable bonds is 24. The highest BCUT2D eigenvalue weighted by Crippen LogP contribution is 2.59. The van der Waals surface area contributed by atoms with Gasteiger partial charge in [0.05, 0.1) is 0 Å². The third-order valence-corrected chi connectivity index (χ3v) is 26.3. The van der Waals surface area contributed by atoms with Gasteiger partial charge >= 0.3 is 0 Å². The molecular formula is C86H154. The molecule has 8 aliphatic carbocycles. The first kappa shape index (κ1) is 76.9. The Labute approximate surface area is 541 Å². The van der Waals surface area contributed by atoms with Crippen LogP contribution in [0.4, 0.5) is 0 Å². The summed E-state index contributed by atoms with van der Waals surface area (Å²) in [5.41, 5.74) is 10.3. The van der Waals surface area contributed by atoms with E-state index in [1.165, 1.54) is 204 Å². The van der Waals surface area contributed by atoms with Crippen LogP contribution in [0.5, 0.6) is 0 Å². The summed E-state index contributed by atoms with van der Waals surface area (Å²) >= 11 is 0. The van der Waals surface area contributed by atoms with Crippen LogP contribution in [0.3, 0.4) is 0 Å². The highest BCUT2D eigenvalue weighted by atomic mass is 14.5. The third kappa shape index (κ3) is 22.3. The van der Waals surface area contributed by atoms with Crippen molar-refractivity contribution in [1.29, 1.82) is 0 Å². The zero-order valence-corrected chi connectivity index (χ0v) is 61.6. The molecule has 0 saturated heterocycles. The minimum absolute atomic E-state index is 0.545. The van der Waals surface area contributed by atoms with Gasteiger partial charge in [-0.2, -0.15) is 0 Å². The van der Waals surface area contributed by atoms with E-state index in [-0.39, 0.29) is 0 Å². The fourth-order valence-corrected chi connectivity index (χ4v) is 20.9. The Balaban J connectivity index is 0.000000242. The molecule has 2 aromatic rings. The molecule has 8 aliphatic rings. The minimum atomic E-state index is 0.545. The number of fused-ring (bicyclic) bond motifs is 3. The fourth-order valence-electron chi connectivity index (χ4n) is 20.9. The standard InChI is InChI=1S/C24H46.C20H38.C20H32.C18H26.2C2H6/c1-5-13-23(14-6-2)17-9-21(10-18-23)22-11-19-24(15-7-3,16-8-4)20-12-22;2*1-4-13-20(14-5-2)15-11-19(12-16-20)18-9-7-17(6-3)8-10-18;1-3-15-5-7-16(8-6-15)18-12-9-17(4-2,10-13-18)11-14-18;2*1-2/h21-22H,5-20H2,1-4H3;17-19H,4-16H2,1-3H3;7-10,19H,4-6,11-16H2,1-3H3;5-8H,3-4,9-14H2,1-2H3;2*1-2H3. The van der Waals surface area contributed by atoms with Crippen LogP contribution in [0, 0.1) is 56.7 Å². The molecule has 86 heavy (non-hydrogen) atoms. The molecule has 0 aromatic heterocycles. The van der Waals surface area contributed by atoms with Crippen LogP contribution in [-0.2, 0) is 18.3 Å². The molecule has 0 N–H and O–H groups in total. The summed E-state index contributed by atoms with van der Waals surface area (Å²) in [4.78, 5) is 0. The van der Waals surface area contributed by atoms with Crippen molar-refractivity contribution in [1.82, 2.24) is 0 Å². The zero-order chi connectivity index (χ0) is 63.0. The SMILES string of the molecule is CC.CC.CCCC1(CCC)CCC(C2CCC(CC)CC2)CC1.CCCC1(CCC)CCC(C2CCC(CCC)(CCC)CC2)CC1.CCCC1(CCC)CCC(c2ccc(CC)cc2)CC1.CCc1ccc(C23CCC(CC)(CC2)CC3)cc1. The molecule has 0 spiro atoms. The predicted octanol–water partition coefficient (Wildman–Crippen LogP) is 29.3. The Morgan fingerprint density at radius 3 is 0.849 bits per heavy atom. The molecule has 498 valence electrons. The Hall–Kier alpha value is -1.56. The highest BCUT2D eigenvalue weighted by molar-refractivity contribution is 5.31. The number of hydrogen-bond donors (Lipinski definition) is 0. The summed E-state index contributed by atoms with van der Waals surface area (Å²) in [6.07, 6.45) is 67.3. The lowest BCUT2D eigenvalue weighted by atomic mass is 9.51. The van der Waals surface area contributed by atoms with Crippen LogP contribution in [0.2, 0.25) is 0 Å². The van der Waals surface area contributed by atoms with Crippen LogP contribution in [0.25, 0.3) is 0 Å². The van der Waals surface area contributed by atoms with Gasteiger partial charge in [0.2, 0.25) is 0 Å². The zero-order valence-electron chi connectivity index (χ0n) is 61.6. The van der Waals surface area contributed by atoms with E-state index in [1.54, 1.807) is 101 Å².